The lowest BCUT2D eigenvalue weighted by Crippen LogP contribution is -2.40. The molecule has 6 heteroatoms. The summed E-state index contributed by atoms with van der Waals surface area (Å²) in [6.07, 6.45) is 0. The molecule has 0 fully saturated rings. The molecule has 1 aliphatic heterocycles. The van der Waals surface area contributed by atoms with Crippen LogP contribution in [0.15, 0.2) is 0 Å². The highest BCUT2D eigenvalue weighted by atomic mass is 15.3. The van der Waals surface area contributed by atoms with Gasteiger partial charge in [-0.1, -0.05) is 0 Å². The van der Waals surface area contributed by atoms with Gasteiger partial charge in [-0.25, -0.2) is 0 Å². The summed E-state index contributed by atoms with van der Waals surface area (Å²) in [7, 11) is 1.97. The number of aromatic nitrogens is 2. The largest absolute Gasteiger partial charge is 0.382 e. The summed E-state index contributed by atoms with van der Waals surface area (Å²) >= 11 is 0. The number of fused-ring (bicyclic) bond motifs is 1. The Morgan fingerprint density at radius 1 is 1.43 bits per heavy atom. The number of nitrogen functional groups attached to an aromatic ring is 2. The van der Waals surface area contributed by atoms with Crippen molar-refractivity contribution >= 4 is 23.3 Å². The second-order valence-corrected chi connectivity index (χ2v) is 3.51. The van der Waals surface area contributed by atoms with E-state index in [1.54, 1.807) is 0 Å². The molecule has 0 spiro atoms. The van der Waals surface area contributed by atoms with E-state index in [1.807, 2.05) is 7.05 Å². The molecule has 1 aromatic heterocycles. The van der Waals surface area contributed by atoms with Crippen molar-refractivity contribution in [1.29, 1.82) is 0 Å². The molecule has 1 aromatic rings. The molecule has 2 rings (SSSR count). The monoisotopic (exact) mass is 194 g/mol. The highest BCUT2D eigenvalue weighted by Gasteiger charge is 2.24. The fraction of sp³-hybridized carbons (Fsp3) is 0.500. The maximum absolute atomic E-state index is 5.78. The molecular formula is C8H14N6. The van der Waals surface area contributed by atoms with Gasteiger partial charge in [0.2, 0.25) is 5.95 Å². The van der Waals surface area contributed by atoms with Gasteiger partial charge < -0.3 is 21.7 Å². The van der Waals surface area contributed by atoms with Crippen LogP contribution in [0.1, 0.15) is 6.92 Å². The van der Waals surface area contributed by atoms with Crippen molar-refractivity contribution < 1.29 is 0 Å². The molecule has 2 heterocycles. The summed E-state index contributed by atoms with van der Waals surface area (Å²) in [5.41, 5.74) is 12.1. The zero-order chi connectivity index (χ0) is 10.3. The zero-order valence-corrected chi connectivity index (χ0v) is 8.28. The van der Waals surface area contributed by atoms with E-state index in [9.17, 15) is 0 Å². The molecule has 1 aliphatic rings. The van der Waals surface area contributed by atoms with Crippen molar-refractivity contribution in [3.05, 3.63) is 0 Å². The first kappa shape index (κ1) is 8.86. The van der Waals surface area contributed by atoms with Crippen LogP contribution >= 0.6 is 0 Å². The Hall–Kier alpha value is -1.72. The fourth-order valence-electron chi connectivity index (χ4n) is 1.56. The van der Waals surface area contributed by atoms with E-state index in [2.05, 4.69) is 27.1 Å². The molecule has 0 aliphatic carbocycles. The average molecular weight is 194 g/mol. The van der Waals surface area contributed by atoms with Crippen molar-refractivity contribution in [2.24, 2.45) is 0 Å². The molecule has 1 unspecified atom stereocenters. The quantitative estimate of drug-likeness (QED) is 0.533. The first-order valence-corrected chi connectivity index (χ1v) is 4.49. The number of anilines is 4. The smallest absolute Gasteiger partial charge is 0.224 e. The van der Waals surface area contributed by atoms with Crippen molar-refractivity contribution in [3.63, 3.8) is 0 Å². The Labute approximate surface area is 82.3 Å². The summed E-state index contributed by atoms with van der Waals surface area (Å²) in [4.78, 5) is 10.1. The van der Waals surface area contributed by atoms with Crippen molar-refractivity contribution in [3.8, 4) is 0 Å². The lowest BCUT2D eigenvalue weighted by Gasteiger charge is -2.34. The Balaban J connectivity index is 2.54. The highest BCUT2D eigenvalue weighted by molar-refractivity contribution is 5.79. The topological polar surface area (TPSA) is 93.1 Å². The van der Waals surface area contributed by atoms with Crippen LogP contribution in [0.4, 0.5) is 23.3 Å². The molecule has 14 heavy (non-hydrogen) atoms. The van der Waals surface area contributed by atoms with E-state index >= 15 is 0 Å². The highest BCUT2D eigenvalue weighted by Crippen LogP contribution is 2.33. The van der Waals surface area contributed by atoms with Gasteiger partial charge in [0.15, 0.2) is 11.6 Å². The Morgan fingerprint density at radius 2 is 2.14 bits per heavy atom. The third-order valence-electron chi connectivity index (χ3n) is 2.51. The number of likely N-dealkylation sites (N-methyl/N-ethyl adjacent to an activating group) is 1. The minimum Gasteiger partial charge on any atom is -0.382 e. The van der Waals surface area contributed by atoms with Gasteiger partial charge in [0, 0.05) is 19.6 Å². The van der Waals surface area contributed by atoms with Crippen LogP contribution in [-0.4, -0.2) is 29.6 Å². The molecule has 0 saturated heterocycles. The first-order valence-electron chi connectivity index (χ1n) is 4.49. The second-order valence-electron chi connectivity index (χ2n) is 3.51. The minimum absolute atomic E-state index is 0.205. The van der Waals surface area contributed by atoms with Gasteiger partial charge in [-0.2, -0.15) is 9.97 Å². The fourth-order valence-corrected chi connectivity index (χ4v) is 1.56. The molecule has 6 nitrogen and oxygen atoms in total. The van der Waals surface area contributed by atoms with E-state index in [0.717, 1.165) is 18.1 Å². The average Bonchev–Trinajstić information content (AvgIpc) is 2.10. The van der Waals surface area contributed by atoms with Gasteiger partial charge in [0.05, 0.1) is 0 Å². The van der Waals surface area contributed by atoms with Crippen LogP contribution in [0.5, 0.6) is 0 Å². The summed E-state index contributed by atoms with van der Waals surface area (Å²) in [5, 5.41) is 3.17. The predicted molar refractivity (Wildman–Crippen MR) is 57.2 cm³/mol. The molecule has 0 amide bonds. The Bertz CT molecular complexity index is 363. The van der Waals surface area contributed by atoms with Crippen LogP contribution in [0.2, 0.25) is 0 Å². The van der Waals surface area contributed by atoms with Gasteiger partial charge in [0.1, 0.15) is 5.69 Å². The van der Waals surface area contributed by atoms with E-state index < -0.39 is 0 Å². The number of nitrogens with two attached hydrogens (primary N) is 2. The molecule has 0 aromatic carbocycles. The summed E-state index contributed by atoms with van der Waals surface area (Å²) in [5.74, 6) is 1.35. The van der Waals surface area contributed by atoms with Crippen LogP contribution in [-0.2, 0) is 0 Å². The normalized spacial score (nSPS) is 20.1. The number of rotatable bonds is 0. The van der Waals surface area contributed by atoms with E-state index in [-0.39, 0.29) is 5.95 Å². The standard InChI is InChI=1S/C8H14N6/c1-4-3-11-7-5(14(4)2)6(9)12-8(10)13-7/h4H,3H2,1-2H3,(H5,9,10,11,12,13). The molecule has 5 N–H and O–H groups in total. The number of hydrogen-bond acceptors (Lipinski definition) is 6. The minimum atomic E-state index is 0.205. The van der Waals surface area contributed by atoms with E-state index in [4.69, 9.17) is 11.5 Å². The maximum Gasteiger partial charge on any atom is 0.224 e. The van der Waals surface area contributed by atoms with Crippen molar-refractivity contribution in [2.45, 2.75) is 13.0 Å². The van der Waals surface area contributed by atoms with Crippen LogP contribution in [0, 0.1) is 0 Å². The molecule has 0 radical (unpaired) electrons. The van der Waals surface area contributed by atoms with Gasteiger partial charge in [-0.15, -0.1) is 0 Å². The van der Waals surface area contributed by atoms with Gasteiger partial charge in [-0.05, 0) is 6.92 Å². The summed E-state index contributed by atoms with van der Waals surface area (Å²) < 4.78 is 0. The molecule has 0 bridgehead atoms. The first-order chi connectivity index (χ1) is 6.59. The molecular weight excluding hydrogens is 180 g/mol. The number of hydrogen-bond donors (Lipinski definition) is 3. The lowest BCUT2D eigenvalue weighted by molar-refractivity contribution is 0.694. The van der Waals surface area contributed by atoms with E-state index in [0.29, 0.717) is 11.9 Å². The SMILES string of the molecule is CC1CNc2nc(N)nc(N)c2N1C. The van der Waals surface area contributed by atoms with Gasteiger partial charge in [-0.3, -0.25) is 0 Å². The molecule has 0 saturated carbocycles. The van der Waals surface area contributed by atoms with Gasteiger partial charge >= 0.3 is 0 Å². The Morgan fingerprint density at radius 3 is 2.86 bits per heavy atom. The Kier molecular flexibility index (Phi) is 1.83. The zero-order valence-electron chi connectivity index (χ0n) is 8.28. The number of nitrogens with one attached hydrogen (secondary N) is 1. The van der Waals surface area contributed by atoms with Gasteiger partial charge in [0.25, 0.3) is 0 Å². The summed E-state index contributed by atoms with van der Waals surface area (Å²) in [6.45, 7) is 2.94. The third-order valence-corrected chi connectivity index (χ3v) is 2.51. The van der Waals surface area contributed by atoms with Crippen molar-refractivity contribution in [2.75, 3.05) is 35.3 Å². The lowest BCUT2D eigenvalue weighted by atomic mass is 10.2. The maximum atomic E-state index is 5.78. The summed E-state index contributed by atoms with van der Waals surface area (Å²) in [6, 6.07) is 0.372. The van der Waals surface area contributed by atoms with Crippen LogP contribution < -0.4 is 21.7 Å². The molecule has 76 valence electrons. The molecule has 1 atom stereocenters. The van der Waals surface area contributed by atoms with Crippen LogP contribution in [0.3, 0.4) is 0 Å². The second kappa shape index (κ2) is 2.90. The van der Waals surface area contributed by atoms with Crippen molar-refractivity contribution in [1.82, 2.24) is 9.97 Å². The van der Waals surface area contributed by atoms with E-state index in [1.165, 1.54) is 0 Å². The predicted octanol–water partition coefficient (Wildman–Crippen LogP) is -0.109. The van der Waals surface area contributed by atoms with Crippen LogP contribution in [0.25, 0.3) is 0 Å². The number of nitrogens with zero attached hydrogens (tertiary/aromatic N) is 3. The third kappa shape index (κ3) is 1.19.